The molecule has 0 saturated heterocycles. The summed E-state index contributed by atoms with van der Waals surface area (Å²) >= 11 is 0. The molecule has 0 saturated carbocycles. The van der Waals surface area contributed by atoms with Crippen LogP contribution in [0.15, 0.2) is 29.1 Å². The van der Waals surface area contributed by atoms with Gasteiger partial charge in [-0.1, -0.05) is 12.1 Å². The standard InChI is InChI=1S/C12H11F2N3O2/c1-12(13,14)11(19)15-6-9-16-8-5-3-2-4-7(8)10(18)17-9/h2-5H,6H2,1H3,(H,15,19)(H,16,17,18). The Morgan fingerprint density at radius 1 is 1.42 bits per heavy atom. The van der Waals surface area contributed by atoms with Crippen LogP contribution in [0, 0.1) is 0 Å². The minimum atomic E-state index is -3.46. The summed E-state index contributed by atoms with van der Waals surface area (Å²) < 4.78 is 25.3. The average molecular weight is 267 g/mol. The van der Waals surface area contributed by atoms with E-state index in [9.17, 15) is 18.4 Å². The molecule has 0 radical (unpaired) electrons. The summed E-state index contributed by atoms with van der Waals surface area (Å²) in [5.74, 6) is -4.75. The van der Waals surface area contributed by atoms with E-state index in [2.05, 4.69) is 9.97 Å². The number of amides is 1. The molecule has 2 rings (SSSR count). The Bertz CT molecular complexity index is 676. The fourth-order valence-electron chi connectivity index (χ4n) is 1.54. The lowest BCUT2D eigenvalue weighted by atomic mass is 10.2. The van der Waals surface area contributed by atoms with E-state index in [0.717, 1.165) is 0 Å². The highest BCUT2D eigenvalue weighted by atomic mass is 19.3. The van der Waals surface area contributed by atoms with Crippen molar-refractivity contribution in [3.05, 3.63) is 40.4 Å². The van der Waals surface area contributed by atoms with Crippen LogP contribution in [-0.2, 0) is 11.3 Å². The number of aromatic nitrogens is 2. The molecule has 5 nitrogen and oxygen atoms in total. The van der Waals surface area contributed by atoms with Crippen molar-refractivity contribution < 1.29 is 13.6 Å². The van der Waals surface area contributed by atoms with Gasteiger partial charge in [0.2, 0.25) is 0 Å². The summed E-state index contributed by atoms with van der Waals surface area (Å²) in [4.78, 5) is 29.2. The number of fused-ring (bicyclic) bond motifs is 1. The first-order chi connectivity index (χ1) is 8.88. The SMILES string of the molecule is CC(F)(F)C(=O)NCc1nc2ccccc2c(=O)[nH]1. The van der Waals surface area contributed by atoms with Gasteiger partial charge in [-0.25, -0.2) is 4.98 Å². The minimum absolute atomic E-state index is 0.126. The third-order valence-corrected chi connectivity index (χ3v) is 2.48. The third kappa shape index (κ3) is 2.93. The van der Waals surface area contributed by atoms with Gasteiger partial charge in [0.15, 0.2) is 0 Å². The highest BCUT2D eigenvalue weighted by Crippen LogP contribution is 2.11. The van der Waals surface area contributed by atoms with Crippen molar-refractivity contribution in [1.29, 1.82) is 0 Å². The number of nitrogens with zero attached hydrogens (tertiary/aromatic N) is 1. The zero-order valence-electron chi connectivity index (χ0n) is 10.0. The molecule has 1 aromatic heterocycles. The van der Waals surface area contributed by atoms with Gasteiger partial charge in [0.25, 0.3) is 11.5 Å². The van der Waals surface area contributed by atoms with Gasteiger partial charge >= 0.3 is 5.92 Å². The van der Waals surface area contributed by atoms with E-state index in [1.54, 1.807) is 24.3 Å². The summed E-state index contributed by atoms with van der Waals surface area (Å²) in [7, 11) is 0. The average Bonchev–Trinajstić information content (AvgIpc) is 2.35. The number of para-hydroxylation sites is 1. The second-order valence-corrected chi connectivity index (χ2v) is 4.10. The second kappa shape index (κ2) is 4.75. The Morgan fingerprint density at radius 2 is 2.11 bits per heavy atom. The second-order valence-electron chi connectivity index (χ2n) is 4.10. The molecule has 1 heterocycles. The summed E-state index contributed by atoms with van der Waals surface area (Å²) in [6.07, 6.45) is 0. The molecule has 2 N–H and O–H groups in total. The third-order valence-electron chi connectivity index (χ3n) is 2.48. The van der Waals surface area contributed by atoms with Gasteiger partial charge in [-0.15, -0.1) is 0 Å². The highest BCUT2D eigenvalue weighted by molar-refractivity contribution is 5.82. The summed E-state index contributed by atoms with van der Waals surface area (Å²) in [5.41, 5.74) is 0.0665. The number of halogens is 2. The predicted octanol–water partition coefficient (Wildman–Crippen LogP) is 1.19. The van der Waals surface area contributed by atoms with E-state index >= 15 is 0 Å². The molecule has 1 aromatic carbocycles. The van der Waals surface area contributed by atoms with Crippen molar-refractivity contribution in [3.63, 3.8) is 0 Å². The van der Waals surface area contributed by atoms with Gasteiger partial charge in [-0.2, -0.15) is 8.78 Å². The van der Waals surface area contributed by atoms with Crippen LogP contribution in [0.1, 0.15) is 12.7 Å². The van der Waals surface area contributed by atoms with E-state index < -0.39 is 11.8 Å². The van der Waals surface area contributed by atoms with Gasteiger partial charge in [0, 0.05) is 6.92 Å². The van der Waals surface area contributed by atoms with Crippen molar-refractivity contribution >= 4 is 16.8 Å². The Kier molecular flexibility index (Phi) is 3.28. The summed E-state index contributed by atoms with van der Waals surface area (Å²) in [6.45, 7) is 0.237. The van der Waals surface area contributed by atoms with E-state index in [1.807, 2.05) is 5.32 Å². The minimum Gasteiger partial charge on any atom is -0.344 e. The number of benzene rings is 1. The highest BCUT2D eigenvalue weighted by Gasteiger charge is 2.31. The fourth-order valence-corrected chi connectivity index (χ4v) is 1.54. The van der Waals surface area contributed by atoms with E-state index in [1.165, 1.54) is 0 Å². The quantitative estimate of drug-likeness (QED) is 0.877. The van der Waals surface area contributed by atoms with Crippen LogP contribution in [-0.4, -0.2) is 21.8 Å². The van der Waals surface area contributed by atoms with Crippen molar-refractivity contribution in [3.8, 4) is 0 Å². The molecule has 0 spiro atoms. The number of carbonyl (C=O) groups is 1. The molecule has 7 heteroatoms. The maximum Gasteiger partial charge on any atom is 0.321 e. The fraction of sp³-hybridized carbons (Fsp3) is 0.250. The normalized spacial score (nSPS) is 11.5. The Labute approximate surface area is 106 Å². The van der Waals surface area contributed by atoms with E-state index in [-0.39, 0.29) is 17.9 Å². The molecule has 0 bridgehead atoms. The number of alkyl halides is 2. The zero-order valence-corrected chi connectivity index (χ0v) is 10.0. The molecule has 100 valence electrons. The molecule has 19 heavy (non-hydrogen) atoms. The van der Waals surface area contributed by atoms with E-state index in [4.69, 9.17) is 0 Å². The number of hydrogen-bond donors (Lipinski definition) is 2. The van der Waals surface area contributed by atoms with Crippen molar-refractivity contribution in [2.45, 2.75) is 19.4 Å². The van der Waals surface area contributed by atoms with Gasteiger partial charge in [-0.3, -0.25) is 9.59 Å². The summed E-state index contributed by atoms with van der Waals surface area (Å²) in [6, 6.07) is 6.63. The molecule has 1 amide bonds. The number of carbonyl (C=O) groups excluding carboxylic acids is 1. The van der Waals surface area contributed by atoms with Crippen molar-refractivity contribution in [2.75, 3.05) is 0 Å². The molecule has 2 aromatic rings. The number of aromatic amines is 1. The van der Waals surface area contributed by atoms with Crippen LogP contribution in [0.3, 0.4) is 0 Å². The van der Waals surface area contributed by atoms with Gasteiger partial charge in [0.05, 0.1) is 17.4 Å². The van der Waals surface area contributed by atoms with Crippen molar-refractivity contribution in [2.24, 2.45) is 0 Å². The van der Waals surface area contributed by atoms with Gasteiger partial charge in [-0.05, 0) is 12.1 Å². The lowest BCUT2D eigenvalue weighted by Gasteiger charge is -2.10. The molecular formula is C12H11F2N3O2. The van der Waals surface area contributed by atoms with Crippen molar-refractivity contribution in [1.82, 2.24) is 15.3 Å². The van der Waals surface area contributed by atoms with Crippen LogP contribution in [0.25, 0.3) is 10.9 Å². The van der Waals surface area contributed by atoms with Crippen LogP contribution in [0.2, 0.25) is 0 Å². The number of rotatable bonds is 3. The molecule has 0 aliphatic heterocycles. The smallest absolute Gasteiger partial charge is 0.321 e. The topological polar surface area (TPSA) is 74.8 Å². The zero-order chi connectivity index (χ0) is 14.0. The number of H-pyrrole nitrogens is 1. The van der Waals surface area contributed by atoms with E-state index in [0.29, 0.717) is 17.8 Å². The van der Waals surface area contributed by atoms with Crippen LogP contribution >= 0.6 is 0 Å². The first kappa shape index (κ1) is 13.1. The molecule has 0 atom stereocenters. The lowest BCUT2D eigenvalue weighted by molar-refractivity contribution is -0.143. The van der Waals surface area contributed by atoms with Crippen LogP contribution in [0.4, 0.5) is 8.78 Å². The monoisotopic (exact) mass is 267 g/mol. The molecule has 0 aliphatic rings. The predicted molar refractivity (Wildman–Crippen MR) is 64.8 cm³/mol. The summed E-state index contributed by atoms with van der Waals surface area (Å²) in [5, 5.41) is 2.41. The molecule has 0 aliphatic carbocycles. The molecular weight excluding hydrogens is 256 g/mol. The number of hydrogen-bond acceptors (Lipinski definition) is 3. The molecule has 0 fully saturated rings. The lowest BCUT2D eigenvalue weighted by Crippen LogP contribution is -2.37. The Balaban J connectivity index is 2.23. The van der Waals surface area contributed by atoms with Crippen LogP contribution < -0.4 is 10.9 Å². The Hall–Kier alpha value is -2.31. The number of nitrogens with one attached hydrogen (secondary N) is 2. The van der Waals surface area contributed by atoms with Gasteiger partial charge < -0.3 is 10.3 Å². The largest absolute Gasteiger partial charge is 0.344 e. The van der Waals surface area contributed by atoms with Gasteiger partial charge in [0.1, 0.15) is 5.82 Å². The maximum absolute atomic E-state index is 12.6. The Morgan fingerprint density at radius 3 is 2.79 bits per heavy atom. The first-order valence-electron chi connectivity index (χ1n) is 5.52. The maximum atomic E-state index is 12.6. The first-order valence-corrected chi connectivity index (χ1v) is 5.52. The van der Waals surface area contributed by atoms with Crippen LogP contribution in [0.5, 0.6) is 0 Å². The molecule has 0 unspecified atom stereocenters.